The molecule has 8 heteroatoms. The SMILES string of the molecule is CC[C@H](C)c1cc(-c2c(F)cccc2F)nnc1C(C)c1cccc(-c2cnn(C[C@H](C)O)c2)n1. The molecule has 0 saturated heterocycles. The Morgan fingerprint density at radius 1 is 0.971 bits per heavy atom. The summed E-state index contributed by atoms with van der Waals surface area (Å²) in [5.74, 6) is -1.42. The van der Waals surface area contributed by atoms with Gasteiger partial charge in [-0.15, -0.1) is 0 Å². The van der Waals surface area contributed by atoms with Gasteiger partial charge in [0.1, 0.15) is 11.6 Å². The minimum atomic E-state index is -0.666. The van der Waals surface area contributed by atoms with Crippen LogP contribution in [0.2, 0.25) is 0 Å². The van der Waals surface area contributed by atoms with Crippen molar-refractivity contribution in [2.75, 3.05) is 0 Å². The van der Waals surface area contributed by atoms with Gasteiger partial charge in [-0.2, -0.15) is 15.3 Å². The van der Waals surface area contributed by atoms with Crippen molar-refractivity contribution in [3.05, 3.63) is 83.4 Å². The van der Waals surface area contributed by atoms with Crippen LogP contribution in [0.25, 0.3) is 22.5 Å². The zero-order chi connectivity index (χ0) is 25.1. The molecule has 0 spiro atoms. The monoisotopic (exact) mass is 477 g/mol. The Labute approximate surface area is 203 Å². The van der Waals surface area contributed by atoms with Crippen LogP contribution < -0.4 is 0 Å². The Balaban J connectivity index is 1.72. The molecular formula is C27H29F2N5O. The topological polar surface area (TPSA) is 76.7 Å². The maximum Gasteiger partial charge on any atom is 0.135 e. The Hall–Kier alpha value is -3.52. The van der Waals surface area contributed by atoms with E-state index < -0.39 is 17.7 Å². The van der Waals surface area contributed by atoms with Gasteiger partial charge in [0, 0.05) is 23.4 Å². The Morgan fingerprint density at radius 2 is 1.69 bits per heavy atom. The molecule has 1 unspecified atom stereocenters. The zero-order valence-electron chi connectivity index (χ0n) is 20.3. The lowest BCUT2D eigenvalue weighted by molar-refractivity contribution is 0.168. The van der Waals surface area contributed by atoms with E-state index >= 15 is 0 Å². The molecule has 0 aliphatic carbocycles. The molecule has 0 bridgehead atoms. The molecule has 0 amide bonds. The van der Waals surface area contributed by atoms with Gasteiger partial charge < -0.3 is 5.11 Å². The normalized spacial score (nSPS) is 14.0. The van der Waals surface area contributed by atoms with Crippen LogP contribution in [0.15, 0.2) is 54.9 Å². The fourth-order valence-corrected chi connectivity index (χ4v) is 4.09. The number of pyridine rings is 1. The minimum Gasteiger partial charge on any atom is -0.391 e. The molecule has 0 radical (unpaired) electrons. The molecule has 3 heterocycles. The standard InChI is InChI=1S/C27H29F2N5O/c1-5-16(2)20-12-25(26-21(28)8-6-9-22(26)29)32-33-27(20)18(4)23-10-7-11-24(31-23)19-13-30-34(15-19)14-17(3)35/h6-13,15-18,35H,5,14H2,1-4H3/t16-,17-,18?/m0/s1. The van der Waals surface area contributed by atoms with Gasteiger partial charge in [-0.25, -0.2) is 8.78 Å². The van der Waals surface area contributed by atoms with Gasteiger partial charge in [0.05, 0.1) is 41.5 Å². The second kappa shape index (κ2) is 10.4. The lowest BCUT2D eigenvalue weighted by atomic mass is 9.89. The van der Waals surface area contributed by atoms with E-state index in [0.29, 0.717) is 6.54 Å². The molecule has 0 fully saturated rings. The highest BCUT2D eigenvalue weighted by atomic mass is 19.1. The van der Waals surface area contributed by atoms with Gasteiger partial charge in [0.15, 0.2) is 0 Å². The molecule has 3 aromatic heterocycles. The molecule has 4 rings (SSSR count). The summed E-state index contributed by atoms with van der Waals surface area (Å²) in [4.78, 5) is 4.84. The molecule has 1 N–H and O–H groups in total. The molecule has 0 aliphatic heterocycles. The van der Waals surface area contributed by atoms with Gasteiger partial charge >= 0.3 is 0 Å². The van der Waals surface area contributed by atoms with Crippen LogP contribution in [0.3, 0.4) is 0 Å². The van der Waals surface area contributed by atoms with Crippen molar-refractivity contribution < 1.29 is 13.9 Å². The average Bonchev–Trinajstić information content (AvgIpc) is 3.31. The zero-order valence-corrected chi connectivity index (χ0v) is 20.3. The van der Waals surface area contributed by atoms with E-state index in [2.05, 4.69) is 29.1 Å². The first-order chi connectivity index (χ1) is 16.8. The first-order valence-corrected chi connectivity index (χ1v) is 11.8. The third kappa shape index (κ3) is 5.27. The van der Waals surface area contributed by atoms with Crippen LogP contribution in [0.1, 0.15) is 62.9 Å². The molecule has 0 saturated carbocycles. The molecule has 3 atom stereocenters. The van der Waals surface area contributed by atoms with Crippen LogP contribution >= 0.6 is 0 Å². The highest BCUT2D eigenvalue weighted by Crippen LogP contribution is 2.34. The number of nitrogens with zero attached hydrogens (tertiary/aromatic N) is 5. The van der Waals surface area contributed by atoms with E-state index in [1.54, 1.807) is 23.9 Å². The lowest BCUT2D eigenvalue weighted by Crippen LogP contribution is -2.11. The first-order valence-electron chi connectivity index (χ1n) is 11.8. The predicted octanol–water partition coefficient (Wildman–Crippen LogP) is 5.73. The van der Waals surface area contributed by atoms with Crippen LogP contribution in [0.5, 0.6) is 0 Å². The lowest BCUT2D eigenvalue weighted by Gasteiger charge is -2.19. The van der Waals surface area contributed by atoms with Gasteiger partial charge in [0.25, 0.3) is 0 Å². The third-order valence-corrected chi connectivity index (χ3v) is 6.22. The predicted molar refractivity (Wildman–Crippen MR) is 131 cm³/mol. The summed E-state index contributed by atoms with van der Waals surface area (Å²) in [5.41, 5.74) is 4.04. The Kier molecular flexibility index (Phi) is 7.31. The summed E-state index contributed by atoms with van der Waals surface area (Å²) in [6.07, 6.45) is 3.91. The van der Waals surface area contributed by atoms with Crippen molar-refractivity contribution in [3.63, 3.8) is 0 Å². The number of aliphatic hydroxyl groups is 1. The van der Waals surface area contributed by atoms with Crippen molar-refractivity contribution >= 4 is 0 Å². The van der Waals surface area contributed by atoms with E-state index in [-0.39, 0.29) is 23.1 Å². The molecule has 6 nitrogen and oxygen atoms in total. The molecule has 182 valence electrons. The minimum absolute atomic E-state index is 0.110. The summed E-state index contributed by atoms with van der Waals surface area (Å²) < 4.78 is 30.5. The van der Waals surface area contributed by atoms with Gasteiger partial charge in [-0.05, 0) is 55.2 Å². The van der Waals surface area contributed by atoms with Crippen molar-refractivity contribution in [1.82, 2.24) is 25.0 Å². The number of hydrogen-bond donors (Lipinski definition) is 1. The van der Waals surface area contributed by atoms with Crippen molar-refractivity contribution in [1.29, 1.82) is 0 Å². The van der Waals surface area contributed by atoms with Crippen molar-refractivity contribution in [2.24, 2.45) is 0 Å². The average molecular weight is 478 g/mol. The number of aliphatic hydroxyl groups excluding tert-OH is 1. The Bertz CT molecular complexity index is 1300. The largest absolute Gasteiger partial charge is 0.391 e. The summed E-state index contributed by atoms with van der Waals surface area (Å²) in [6.45, 7) is 8.24. The maximum absolute atomic E-state index is 14.4. The van der Waals surface area contributed by atoms with Crippen LogP contribution in [-0.4, -0.2) is 36.2 Å². The second-order valence-corrected chi connectivity index (χ2v) is 8.95. The summed E-state index contributed by atoms with van der Waals surface area (Å²) in [7, 11) is 0. The van der Waals surface area contributed by atoms with Crippen molar-refractivity contribution in [3.8, 4) is 22.5 Å². The smallest absolute Gasteiger partial charge is 0.135 e. The van der Waals surface area contributed by atoms with Crippen LogP contribution in [-0.2, 0) is 6.54 Å². The van der Waals surface area contributed by atoms with Gasteiger partial charge in [0.2, 0.25) is 0 Å². The first kappa shape index (κ1) is 24.6. The van der Waals surface area contributed by atoms with Crippen LogP contribution in [0.4, 0.5) is 8.78 Å². The highest BCUT2D eigenvalue weighted by molar-refractivity contribution is 5.62. The van der Waals surface area contributed by atoms with E-state index in [0.717, 1.165) is 34.6 Å². The molecular weight excluding hydrogens is 448 g/mol. The molecule has 4 aromatic rings. The summed E-state index contributed by atoms with van der Waals surface area (Å²) in [5, 5.41) is 22.6. The molecule has 0 aliphatic rings. The number of aromatic nitrogens is 5. The third-order valence-electron chi connectivity index (χ3n) is 6.22. The Morgan fingerprint density at radius 3 is 2.37 bits per heavy atom. The van der Waals surface area contributed by atoms with Crippen LogP contribution in [0, 0.1) is 11.6 Å². The number of rotatable bonds is 8. The quantitative estimate of drug-likeness (QED) is 0.351. The highest BCUT2D eigenvalue weighted by Gasteiger charge is 2.23. The number of benzene rings is 1. The van der Waals surface area contributed by atoms with E-state index in [1.807, 2.05) is 31.3 Å². The van der Waals surface area contributed by atoms with E-state index in [4.69, 9.17) is 4.98 Å². The van der Waals surface area contributed by atoms with E-state index in [1.165, 1.54) is 18.2 Å². The van der Waals surface area contributed by atoms with Gasteiger partial charge in [-0.3, -0.25) is 9.67 Å². The van der Waals surface area contributed by atoms with E-state index in [9.17, 15) is 13.9 Å². The fraction of sp³-hybridized carbons (Fsp3) is 0.333. The number of halogens is 2. The summed E-state index contributed by atoms with van der Waals surface area (Å²) >= 11 is 0. The molecule has 35 heavy (non-hydrogen) atoms. The van der Waals surface area contributed by atoms with Gasteiger partial charge in [-0.1, -0.05) is 32.9 Å². The summed E-state index contributed by atoms with van der Waals surface area (Å²) in [6, 6.07) is 11.3. The second-order valence-electron chi connectivity index (χ2n) is 8.95. The molecule has 1 aromatic carbocycles. The number of hydrogen-bond acceptors (Lipinski definition) is 5. The maximum atomic E-state index is 14.4. The fourth-order valence-electron chi connectivity index (χ4n) is 4.09. The van der Waals surface area contributed by atoms with Crippen molar-refractivity contribution in [2.45, 2.75) is 58.6 Å².